The number of halogens is 1. The molecule has 0 bridgehead atoms. The Labute approximate surface area is 95.9 Å². The fourth-order valence-corrected chi connectivity index (χ4v) is 3.69. The molecule has 1 aliphatic heterocycles. The van der Waals surface area contributed by atoms with Crippen molar-refractivity contribution in [3.8, 4) is 0 Å². The van der Waals surface area contributed by atoms with Gasteiger partial charge < -0.3 is 4.79 Å². The highest BCUT2D eigenvalue weighted by Crippen LogP contribution is 2.37. The first-order valence-corrected chi connectivity index (χ1v) is 6.53. The molecule has 5 heteroatoms. The monoisotopic (exact) mass is 286 g/mol. The van der Waals surface area contributed by atoms with Crippen molar-refractivity contribution in [2.45, 2.75) is 11.3 Å². The van der Waals surface area contributed by atoms with Crippen LogP contribution in [-0.4, -0.2) is 14.7 Å². The Kier molecular flexibility index (Phi) is 2.52. The predicted molar refractivity (Wildman–Crippen MR) is 60.0 cm³/mol. The Hall–Kier alpha value is -0.940. The fourth-order valence-electron chi connectivity index (χ4n) is 1.52. The summed E-state index contributed by atoms with van der Waals surface area (Å²) in [5, 5.41) is 0. The molecule has 0 saturated heterocycles. The van der Waals surface area contributed by atoms with E-state index in [1.807, 2.05) is 0 Å². The first-order valence-electron chi connectivity index (χ1n) is 4.25. The highest BCUT2D eigenvalue weighted by molar-refractivity contribution is 9.10. The molecule has 0 atom stereocenters. The van der Waals surface area contributed by atoms with Crippen molar-refractivity contribution in [2.24, 2.45) is 0 Å². The molecule has 3 nitrogen and oxygen atoms in total. The molecule has 0 spiro atoms. The van der Waals surface area contributed by atoms with E-state index in [9.17, 15) is 13.2 Å². The van der Waals surface area contributed by atoms with Gasteiger partial charge in [-0.2, -0.15) is 0 Å². The molecule has 0 amide bonds. The van der Waals surface area contributed by atoms with E-state index >= 15 is 0 Å². The van der Waals surface area contributed by atoms with Gasteiger partial charge in [-0.15, -0.1) is 0 Å². The maximum Gasteiger partial charge on any atom is 0.203 e. The van der Waals surface area contributed by atoms with Gasteiger partial charge in [0, 0.05) is 16.5 Å². The van der Waals surface area contributed by atoms with Crippen LogP contribution in [0.5, 0.6) is 0 Å². The third-order valence-electron chi connectivity index (χ3n) is 2.24. The number of hydrogen-bond acceptors (Lipinski definition) is 3. The van der Waals surface area contributed by atoms with Crippen molar-refractivity contribution >= 4 is 38.1 Å². The van der Waals surface area contributed by atoms with E-state index in [0.29, 0.717) is 11.8 Å². The number of carbonyl (C=O) groups is 1. The van der Waals surface area contributed by atoms with Gasteiger partial charge in [-0.1, -0.05) is 22.0 Å². The molecule has 78 valence electrons. The molecule has 0 aliphatic carbocycles. The SMILES string of the molecule is O=CCC1=Cc2c(Br)cccc2S1(=O)=O. The highest BCUT2D eigenvalue weighted by atomic mass is 79.9. The van der Waals surface area contributed by atoms with Crippen LogP contribution in [-0.2, 0) is 14.6 Å². The lowest BCUT2D eigenvalue weighted by Crippen LogP contribution is -2.00. The van der Waals surface area contributed by atoms with Crippen molar-refractivity contribution in [2.75, 3.05) is 0 Å². The van der Waals surface area contributed by atoms with Crippen molar-refractivity contribution in [3.05, 3.63) is 33.1 Å². The average molecular weight is 287 g/mol. The van der Waals surface area contributed by atoms with Crippen LogP contribution in [0, 0.1) is 0 Å². The third-order valence-corrected chi connectivity index (χ3v) is 4.84. The second-order valence-corrected chi connectivity index (χ2v) is 5.96. The third kappa shape index (κ3) is 1.55. The fraction of sp³-hybridized carbons (Fsp3) is 0.100. The summed E-state index contributed by atoms with van der Waals surface area (Å²) in [7, 11) is -3.43. The lowest BCUT2D eigenvalue weighted by Gasteiger charge is -2.00. The van der Waals surface area contributed by atoms with Crippen LogP contribution in [0.15, 0.2) is 32.5 Å². The minimum absolute atomic E-state index is 0.0660. The zero-order chi connectivity index (χ0) is 11.1. The number of hydrogen-bond donors (Lipinski definition) is 0. The Balaban J connectivity index is 2.69. The van der Waals surface area contributed by atoms with Crippen molar-refractivity contribution < 1.29 is 13.2 Å². The molecule has 0 N–H and O–H groups in total. The molecule has 1 heterocycles. The van der Waals surface area contributed by atoms with E-state index in [-0.39, 0.29) is 16.2 Å². The Morgan fingerprint density at radius 1 is 1.33 bits per heavy atom. The van der Waals surface area contributed by atoms with Crippen molar-refractivity contribution in [3.63, 3.8) is 0 Å². The predicted octanol–water partition coefficient (Wildman–Crippen LogP) is 2.17. The summed E-state index contributed by atoms with van der Waals surface area (Å²) in [5.41, 5.74) is 0.634. The van der Waals surface area contributed by atoms with Gasteiger partial charge in [0.2, 0.25) is 9.84 Å². The molecule has 1 aliphatic rings. The second kappa shape index (κ2) is 3.57. The van der Waals surface area contributed by atoms with Crippen LogP contribution in [0.25, 0.3) is 6.08 Å². The molecule has 1 aromatic carbocycles. The largest absolute Gasteiger partial charge is 0.303 e. The summed E-state index contributed by atoms with van der Waals surface area (Å²) in [6.45, 7) is 0. The van der Waals surface area contributed by atoms with E-state index in [1.165, 1.54) is 0 Å². The van der Waals surface area contributed by atoms with Crippen molar-refractivity contribution in [1.29, 1.82) is 0 Å². The summed E-state index contributed by atoms with van der Waals surface area (Å²) < 4.78 is 24.5. The average Bonchev–Trinajstić information content (AvgIpc) is 2.43. The summed E-state index contributed by atoms with van der Waals surface area (Å²) in [5.74, 6) is 0. The molecular formula is C10H7BrO3S. The van der Waals surface area contributed by atoms with E-state index in [4.69, 9.17) is 0 Å². The number of sulfone groups is 1. The number of benzene rings is 1. The first kappa shape index (κ1) is 10.6. The van der Waals surface area contributed by atoms with E-state index in [0.717, 1.165) is 4.47 Å². The Bertz CT molecular complexity index is 558. The van der Waals surface area contributed by atoms with Gasteiger partial charge in [0.1, 0.15) is 6.29 Å². The topological polar surface area (TPSA) is 51.2 Å². The van der Waals surface area contributed by atoms with Gasteiger partial charge in [0.05, 0.1) is 9.80 Å². The van der Waals surface area contributed by atoms with E-state index in [1.54, 1.807) is 24.3 Å². The van der Waals surface area contributed by atoms with Gasteiger partial charge >= 0.3 is 0 Å². The maximum atomic E-state index is 11.9. The lowest BCUT2D eigenvalue weighted by atomic mass is 10.2. The molecule has 1 aromatic rings. The van der Waals surface area contributed by atoms with Crippen LogP contribution in [0.3, 0.4) is 0 Å². The quantitative estimate of drug-likeness (QED) is 0.783. The van der Waals surface area contributed by atoms with Gasteiger partial charge in [0.15, 0.2) is 0 Å². The zero-order valence-corrected chi connectivity index (χ0v) is 10.0. The van der Waals surface area contributed by atoms with Crippen LogP contribution < -0.4 is 0 Å². The van der Waals surface area contributed by atoms with Gasteiger partial charge in [-0.3, -0.25) is 0 Å². The first-order chi connectivity index (χ1) is 7.07. The zero-order valence-electron chi connectivity index (χ0n) is 7.60. The molecule has 0 saturated carbocycles. The van der Waals surface area contributed by atoms with Crippen LogP contribution in [0.2, 0.25) is 0 Å². The van der Waals surface area contributed by atoms with Crippen LogP contribution in [0.1, 0.15) is 12.0 Å². The molecule has 0 radical (unpaired) electrons. The second-order valence-electron chi connectivity index (χ2n) is 3.14. The molecule has 0 unspecified atom stereocenters. The number of fused-ring (bicyclic) bond motifs is 1. The summed E-state index contributed by atoms with van der Waals surface area (Å²) in [6, 6.07) is 4.98. The molecule has 15 heavy (non-hydrogen) atoms. The number of allylic oxidation sites excluding steroid dienone is 1. The molecule has 2 rings (SSSR count). The summed E-state index contributed by atoms with van der Waals surface area (Å²) in [6.07, 6.45) is 2.08. The Morgan fingerprint density at radius 2 is 2.07 bits per heavy atom. The van der Waals surface area contributed by atoms with Crippen LogP contribution >= 0.6 is 15.9 Å². The molecule has 0 aromatic heterocycles. The summed E-state index contributed by atoms with van der Waals surface area (Å²) >= 11 is 3.28. The minimum atomic E-state index is -3.43. The minimum Gasteiger partial charge on any atom is -0.303 e. The highest BCUT2D eigenvalue weighted by Gasteiger charge is 2.29. The number of rotatable bonds is 2. The van der Waals surface area contributed by atoms with Gasteiger partial charge in [0.25, 0.3) is 0 Å². The number of aldehydes is 1. The maximum absolute atomic E-state index is 11.9. The van der Waals surface area contributed by atoms with E-state index < -0.39 is 9.84 Å². The van der Waals surface area contributed by atoms with Crippen molar-refractivity contribution in [1.82, 2.24) is 0 Å². The normalized spacial score (nSPS) is 17.0. The standard InChI is InChI=1S/C10H7BrO3S/c11-9-2-1-3-10-8(9)6-7(4-5-12)15(10,13)14/h1-3,5-6H,4H2. The lowest BCUT2D eigenvalue weighted by molar-refractivity contribution is -0.107. The van der Waals surface area contributed by atoms with E-state index in [2.05, 4.69) is 15.9 Å². The van der Waals surface area contributed by atoms with Crippen LogP contribution in [0.4, 0.5) is 0 Å². The van der Waals surface area contributed by atoms with Gasteiger partial charge in [-0.05, 0) is 18.2 Å². The smallest absolute Gasteiger partial charge is 0.203 e. The number of carbonyl (C=O) groups excluding carboxylic acids is 1. The van der Waals surface area contributed by atoms with Gasteiger partial charge in [-0.25, -0.2) is 8.42 Å². The molecular weight excluding hydrogens is 280 g/mol. The summed E-state index contributed by atoms with van der Waals surface area (Å²) in [4.78, 5) is 10.8. The molecule has 0 fully saturated rings. The Morgan fingerprint density at radius 3 is 2.67 bits per heavy atom.